The maximum atomic E-state index is 12.5. The van der Waals surface area contributed by atoms with E-state index in [0.29, 0.717) is 5.56 Å². The lowest BCUT2D eigenvalue weighted by Gasteiger charge is -2.15. The Morgan fingerprint density at radius 3 is 2.08 bits per heavy atom. The van der Waals surface area contributed by atoms with Gasteiger partial charge in [0.1, 0.15) is 0 Å². The molecule has 0 saturated carbocycles. The molecule has 0 aliphatic carbocycles. The molecule has 0 bridgehead atoms. The highest BCUT2D eigenvalue weighted by molar-refractivity contribution is 7.92. The Bertz CT molecular complexity index is 964. The molecule has 6 nitrogen and oxygen atoms in total. The number of rotatable bonds is 6. The Morgan fingerprint density at radius 2 is 1.56 bits per heavy atom. The Hall–Kier alpha value is -1.90. The van der Waals surface area contributed by atoms with Crippen LogP contribution in [-0.2, 0) is 26.5 Å². The summed E-state index contributed by atoms with van der Waals surface area (Å²) in [7, 11) is -4.59. The Morgan fingerprint density at radius 1 is 0.960 bits per heavy atom. The molecule has 2 aromatic carbocycles. The Kier molecular flexibility index (Phi) is 5.55. The van der Waals surface area contributed by atoms with Gasteiger partial charge in [0.05, 0.1) is 15.5 Å². The van der Waals surface area contributed by atoms with Crippen molar-refractivity contribution in [3.8, 4) is 0 Å². The van der Waals surface area contributed by atoms with Crippen LogP contribution in [0.1, 0.15) is 18.1 Å². The van der Waals surface area contributed by atoms with Gasteiger partial charge in [-0.1, -0.05) is 25.1 Å². The van der Waals surface area contributed by atoms with Crippen molar-refractivity contribution in [2.45, 2.75) is 30.1 Å². The van der Waals surface area contributed by atoms with Crippen LogP contribution < -0.4 is 4.72 Å². The summed E-state index contributed by atoms with van der Waals surface area (Å²) >= 11 is 0. The third-order valence-corrected chi connectivity index (χ3v) is 7.20. The first-order valence-corrected chi connectivity index (χ1v) is 10.6. The van der Waals surface area contributed by atoms with Crippen LogP contribution in [-0.4, -0.2) is 35.2 Å². The van der Waals surface area contributed by atoms with Crippen LogP contribution in [0.25, 0.3) is 0 Å². The minimum atomic E-state index is -3.79. The molecule has 1 N–H and O–H groups in total. The normalized spacial score (nSPS) is 12.4. The van der Waals surface area contributed by atoms with E-state index >= 15 is 0 Å². The first kappa shape index (κ1) is 19.4. The molecule has 136 valence electrons. The molecule has 0 aromatic heterocycles. The summed E-state index contributed by atoms with van der Waals surface area (Å²) in [6.45, 7) is 3.65. The summed E-state index contributed by atoms with van der Waals surface area (Å²) < 4.78 is 53.3. The maximum absolute atomic E-state index is 12.5. The molecule has 0 fully saturated rings. The standard InChI is InChI=1S/C17H22N2O4S2/c1-5-14-7-10-16(11-8-14)24(20,21)18-15-9-6-13(2)17(12-15)25(22,23)19(3)4/h6-12,18H,5H2,1-4H3. The van der Waals surface area contributed by atoms with E-state index < -0.39 is 20.0 Å². The first-order valence-electron chi connectivity index (χ1n) is 7.73. The predicted molar refractivity (Wildman–Crippen MR) is 98.7 cm³/mol. The first-order chi connectivity index (χ1) is 11.6. The van der Waals surface area contributed by atoms with Gasteiger partial charge < -0.3 is 0 Å². The Labute approximate surface area is 149 Å². The zero-order valence-corrected chi connectivity index (χ0v) is 16.3. The summed E-state index contributed by atoms with van der Waals surface area (Å²) in [4.78, 5) is 0.196. The molecule has 2 aromatic rings. The molecule has 25 heavy (non-hydrogen) atoms. The van der Waals surface area contributed by atoms with Gasteiger partial charge in [0.25, 0.3) is 10.0 Å². The topological polar surface area (TPSA) is 83.5 Å². The third kappa shape index (κ3) is 4.20. The van der Waals surface area contributed by atoms with Crippen molar-refractivity contribution in [3.05, 3.63) is 53.6 Å². The van der Waals surface area contributed by atoms with Gasteiger partial charge in [-0.25, -0.2) is 21.1 Å². The predicted octanol–water partition coefficient (Wildman–Crippen LogP) is 2.61. The molecule has 0 atom stereocenters. The van der Waals surface area contributed by atoms with Crippen molar-refractivity contribution in [2.75, 3.05) is 18.8 Å². The minimum Gasteiger partial charge on any atom is -0.280 e. The van der Waals surface area contributed by atoms with Gasteiger partial charge in [-0.3, -0.25) is 4.72 Å². The van der Waals surface area contributed by atoms with E-state index in [4.69, 9.17) is 0 Å². The third-order valence-electron chi connectivity index (χ3n) is 3.84. The molecule has 0 unspecified atom stereocenters. The van der Waals surface area contributed by atoms with E-state index in [9.17, 15) is 16.8 Å². The second-order valence-corrected chi connectivity index (χ2v) is 9.67. The largest absolute Gasteiger partial charge is 0.280 e. The van der Waals surface area contributed by atoms with Crippen LogP contribution in [0, 0.1) is 6.92 Å². The van der Waals surface area contributed by atoms with E-state index in [0.717, 1.165) is 16.3 Å². The highest BCUT2D eigenvalue weighted by Gasteiger charge is 2.21. The van der Waals surface area contributed by atoms with Gasteiger partial charge in [0.2, 0.25) is 10.0 Å². The van der Waals surface area contributed by atoms with E-state index in [1.807, 2.05) is 6.92 Å². The van der Waals surface area contributed by atoms with E-state index in [-0.39, 0.29) is 15.5 Å². The maximum Gasteiger partial charge on any atom is 0.261 e. The molecular formula is C17H22N2O4S2. The Balaban J connectivity index is 2.40. The molecule has 0 amide bonds. The second kappa shape index (κ2) is 7.15. The van der Waals surface area contributed by atoms with Crippen LogP contribution in [0.5, 0.6) is 0 Å². The number of anilines is 1. The zero-order valence-electron chi connectivity index (χ0n) is 14.6. The SMILES string of the molecule is CCc1ccc(S(=O)(=O)Nc2ccc(C)c(S(=O)(=O)N(C)C)c2)cc1. The van der Waals surface area contributed by atoms with Crippen molar-refractivity contribution in [1.82, 2.24) is 4.31 Å². The summed E-state index contributed by atoms with van der Waals surface area (Å²) in [6, 6.07) is 11.0. The fourth-order valence-corrected chi connectivity index (χ4v) is 4.45. The van der Waals surface area contributed by atoms with Gasteiger partial charge in [-0.05, 0) is 48.7 Å². The minimum absolute atomic E-state index is 0.0685. The van der Waals surface area contributed by atoms with Gasteiger partial charge in [0, 0.05) is 14.1 Å². The lowest BCUT2D eigenvalue weighted by molar-refractivity contribution is 0.520. The monoisotopic (exact) mass is 382 g/mol. The summed E-state index contributed by atoms with van der Waals surface area (Å²) in [6.07, 6.45) is 0.817. The highest BCUT2D eigenvalue weighted by atomic mass is 32.2. The molecule has 0 spiro atoms. The molecule has 0 saturated heterocycles. The number of benzene rings is 2. The lowest BCUT2D eigenvalue weighted by atomic mass is 10.2. The highest BCUT2D eigenvalue weighted by Crippen LogP contribution is 2.24. The molecule has 8 heteroatoms. The lowest BCUT2D eigenvalue weighted by Crippen LogP contribution is -2.23. The van der Waals surface area contributed by atoms with Gasteiger partial charge in [0.15, 0.2) is 0 Å². The van der Waals surface area contributed by atoms with E-state index in [1.165, 1.54) is 32.3 Å². The number of hydrogen-bond acceptors (Lipinski definition) is 4. The van der Waals surface area contributed by atoms with E-state index in [1.54, 1.807) is 31.2 Å². The fourth-order valence-electron chi connectivity index (χ4n) is 2.26. The van der Waals surface area contributed by atoms with Gasteiger partial charge >= 0.3 is 0 Å². The average Bonchev–Trinajstić information content (AvgIpc) is 2.56. The van der Waals surface area contributed by atoms with E-state index in [2.05, 4.69) is 4.72 Å². The summed E-state index contributed by atoms with van der Waals surface area (Å²) in [5, 5.41) is 0. The van der Waals surface area contributed by atoms with Crippen LogP contribution in [0.15, 0.2) is 52.3 Å². The van der Waals surface area contributed by atoms with Crippen LogP contribution in [0.3, 0.4) is 0 Å². The van der Waals surface area contributed by atoms with Crippen molar-refractivity contribution < 1.29 is 16.8 Å². The number of nitrogens with zero attached hydrogens (tertiary/aromatic N) is 1. The van der Waals surface area contributed by atoms with Crippen LogP contribution in [0.4, 0.5) is 5.69 Å². The van der Waals surface area contributed by atoms with Crippen molar-refractivity contribution >= 4 is 25.7 Å². The molecule has 0 radical (unpaired) electrons. The van der Waals surface area contributed by atoms with Crippen molar-refractivity contribution in [3.63, 3.8) is 0 Å². The van der Waals surface area contributed by atoms with Gasteiger partial charge in [-0.2, -0.15) is 0 Å². The zero-order chi connectivity index (χ0) is 18.8. The number of hydrogen-bond donors (Lipinski definition) is 1. The molecule has 0 aliphatic rings. The number of nitrogens with one attached hydrogen (secondary N) is 1. The van der Waals surface area contributed by atoms with Crippen molar-refractivity contribution in [1.29, 1.82) is 0 Å². The van der Waals surface area contributed by atoms with Crippen LogP contribution in [0.2, 0.25) is 0 Å². The smallest absolute Gasteiger partial charge is 0.261 e. The summed E-state index contributed by atoms with van der Waals surface area (Å²) in [5.74, 6) is 0. The summed E-state index contributed by atoms with van der Waals surface area (Å²) in [5.41, 5.74) is 1.78. The fraction of sp³-hybridized carbons (Fsp3) is 0.294. The molecular weight excluding hydrogens is 360 g/mol. The number of sulfonamides is 2. The quantitative estimate of drug-likeness (QED) is 0.832. The van der Waals surface area contributed by atoms with Crippen LogP contribution >= 0.6 is 0 Å². The molecule has 0 heterocycles. The van der Waals surface area contributed by atoms with Crippen molar-refractivity contribution in [2.24, 2.45) is 0 Å². The van der Waals surface area contributed by atoms with Gasteiger partial charge in [-0.15, -0.1) is 0 Å². The molecule has 2 rings (SSSR count). The molecule has 0 aliphatic heterocycles. The number of aryl methyl sites for hydroxylation is 2. The average molecular weight is 383 g/mol. The second-order valence-electron chi connectivity index (χ2n) is 5.87.